The second kappa shape index (κ2) is 8.77. The quantitative estimate of drug-likeness (QED) is 0.414. The first-order valence-electron chi connectivity index (χ1n) is 14.4. The van der Waals surface area contributed by atoms with E-state index in [2.05, 4.69) is 9.47 Å². The summed E-state index contributed by atoms with van der Waals surface area (Å²) in [5.41, 5.74) is -2.05. The third-order valence-corrected chi connectivity index (χ3v) is 7.24. The minimum absolute atomic E-state index is 0.0149. The van der Waals surface area contributed by atoms with Crippen LogP contribution in [0.1, 0.15) is 63.7 Å². The number of nitrogens with zero attached hydrogens (tertiary/aromatic N) is 1. The number of aromatic nitrogens is 1. The number of carbonyl (C=O) groups is 1. The second-order valence-electron chi connectivity index (χ2n) is 10.1. The summed E-state index contributed by atoms with van der Waals surface area (Å²) in [5.74, 6) is -2.80. The van der Waals surface area contributed by atoms with Crippen LogP contribution >= 0.6 is 0 Å². The molecule has 1 atom stereocenters. The third-order valence-electron chi connectivity index (χ3n) is 7.24. The molecule has 0 spiro atoms. The summed E-state index contributed by atoms with van der Waals surface area (Å²) in [5, 5.41) is 20.1. The standard InChI is InChI=1S/C28H30F3NO5/c1-4-26(2,3)24-10-17-9-16(20(29)13-21(17)32(24)14-19(34)15-33)11-25(35)27(7-8-27)18-5-6-22-23(12-18)37-28(30,31)36-22/h5-6,9-10,12-13,19,33-34H,4,7-8,11,14-15H2,1-3H3/t19-/m1/s1/i4D2,5D,6D,12D. The minimum atomic E-state index is -4.12. The van der Waals surface area contributed by atoms with Crippen molar-refractivity contribution in [2.75, 3.05) is 6.61 Å². The first kappa shape index (κ1) is 20.0. The van der Waals surface area contributed by atoms with Gasteiger partial charge < -0.3 is 24.3 Å². The van der Waals surface area contributed by atoms with Crippen LogP contribution in [-0.2, 0) is 28.6 Å². The molecule has 0 unspecified atom stereocenters. The number of aliphatic hydroxyl groups excluding tert-OH is 2. The van der Waals surface area contributed by atoms with Gasteiger partial charge in [-0.2, -0.15) is 0 Å². The van der Waals surface area contributed by atoms with Crippen LogP contribution in [0.2, 0.25) is 0 Å². The fraction of sp³-hybridized carbons (Fsp3) is 0.464. The molecule has 1 aliphatic heterocycles. The molecule has 1 aliphatic carbocycles. The number of aliphatic hydroxyl groups is 2. The summed E-state index contributed by atoms with van der Waals surface area (Å²) < 4.78 is 94.8. The number of fused-ring (bicyclic) bond motifs is 2. The zero-order valence-electron chi connectivity index (χ0n) is 25.5. The van der Waals surface area contributed by atoms with Crippen LogP contribution in [0.3, 0.4) is 0 Å². The van der Waals surface area contributed by atoms with Gasteiger partial charge in [-0.3, -0.25) is 4.79 Å². The summed E-state index contributed by atoms with van der Waals surface area (Å²) in [7, 11) is 0. The van der Waals surface area contributed by atoms with Crippen LogP contribution in [0.4, 0.5) is 13.2 Å². The third kappa shape index (κ3) is 4.48. The van der Waals surface area contributed by atoms with Crippen molar-refractivity contribution in [3.63, 3.8) is 0 Å². The maximum atomic E-state index is 15.5. The molecule has 1 saturated carbocycles. The van der Waals surface area contributed by atoms with E-state index < -0.39 is 83.9 Å². The average molecular weight is 523 g/mol. The van der Waals surface area contributed by atoms with Crippen molar-refractivity contribution in [3.8, 4) is 11.5 Å². The zero-order chi connectivity index (χ0) is 31.2. The molecule has 2 N–H and O–H groups in total. The number of rotatable bonds is 9. The number of ether oxygens (including phenoxy) is 2. The molecule has 37 heavy (non-hydrogen) atoms. The smallest absolute Gasteiger partial charge is 0.395 e. The highest BCUT2D eigenvalue weighted by Gasteiger charge is 2.52. The monoisotopic (exact) mass is 522 g/mol. The van der Waals surface area contributed by atoms with Gasteiger partial charge in [0, 0.05) is 25.7 Å². The van der Waals surface area contributed by atoms with Crippen molar-refractivity contribution in [1.29, 1.82) is 0 Å². The van der Waals surface area contributed by atoms with Gasteiger partial charge in [-0.05, 0) is 60.6 Å². The molecule has 0 amide bonds. The number of ketones is 1. The molecule has 0 radical (unpaired) electrons. The van der Waals surface area contributed by atoms with Crippen LogP contribution in [0.5, 0.6) is 11.5 Å². The first-order chi connectivity index (χ1) is 19.3. The van der Waals surface area contributed by atoms with Gasteiger partial charge in [-0.15, -0.1) is 8.78 Å². The molecule has 0 saturated heterocycles. The van der Waals surface area contributed by atoms with E-state index in [1.165, 1.54) is 19.1 Å². The minimum Gasteiger partial charge on any atom is -0.395 e. The lowest BCUT2D eigenvalue weighted by Gasteiger charge is -2.26. The Kier molecular flexibility index (Phi) is 4.74. The number of halogens is 3. The van der Waals surface area contributed by atoms with E-state index >= 15 is 4.39 Å². The summed E-state index contributed by atoms with van der Waals surface area (Å²) in [6.07, 6.45) is -7.17. The summed E-state index contributed by atoms with van der Waals surface area (Å²) in [6, 6.07) is 2.26. The zero-order valence-corrected chi connectivity index (χ0v) is 20.5. The van der Waals surface area contributed by atoms with Gasteiger partial charge >= 0.3 is 6.29 Å². The normalized spacial score (nSPS) is 20.6. The number of hydrogen-bond acceptors (Lipinski definition) is 5. The fourth-order valence-electron chi connectivity index (χ4n) is 4.73. The molecule has 198 valence electrons. The maximum Gasteiger partial charge on any atom is 0.586 e. The highest BCUT2D eigenvalue weighted by atomic mass is 19.3. The molecule has 1 fully saturated rings. The molecule has 9 heteroatoms. The van der Waals surface area contributed by atoms with E-state index in [1.807, 2.05) is 0 Å². The molecular weight excluding hydrogens is 487 g/mol. The van der Waals surface area contributed by atoms with E-state index in [4.69, 9.17) is 6.85 Å². The van der Waals surface area contributed by atoms with Crippen LogP contribution < -0.4 is 9.47 Å². The largest absolute Gasteiger partial charge is 0.586 e. The van der Waals surface area contributed by atoms with Crippen molar-refractivity contribution in [2.24, 2.45) is 0 Å². The van der Waals surface area contributed by atoms with Gasteiger partial charge in [-0.1, -0.05) is 26.8 Å². The average Bonchev–Trinajstić information content (AvgIpc) is 3.51. The highest BCUT2D eigenvalue weighted by Crippen LogP contribution is 2.52. The topological polar surface area (TPSA) is 80.9 Å². The summed E-state index contributed by atoms with van der Waals surface area (Å²) >= 11 is 0. The van der Waals surface area contributed by atoms with Crippen molar-refractivity contribution in [3.05, 3.63) is 59.0 Å². The molecule has 2 heterocycles. The van der Waals surface area contributed by atoms with E-state index in [0.29, 0.717) is 16.6 Å². The Morgan fingerprint density at radius 3 is 2.59 bits per heavy atom. The van der Waals surface area contributed by atoms with Gasteiger partial charge in [-0.25, -0.2) is 4.39 Å². The van der Waals surface area contributed by atoms with Gasteiger partial charge in [0.05, 0.1) is 34.3 Å². The maximum absolute atomic E-state index is 15.5. The Hall–Kier alpha value is -3.04. The van der Waals surface area contributed by atoms with Crippen molar-refractivity contribution >= 4 is 16.7 Å². The van der Waals surface area contributed by atoms with Crippen LogP contribution in [0.15, 0.2) is 36.3 Å². The Bertz CT molecular complexity index is 1610. The van der Waals surface area contributed by atoms with Crippen LogP contribution in [0.25, 0.3) is 10.9 Å². The van der Waals surface area contributed by atoms with Crippen LogP contribution in [0, 0.1) is 5.82 Å². The van der Waals surface area contributed by atoms with E-state index in [0.717, 1.165) is 0 Å². The molecular formula is C28H30F3NO5. The lowest BCUT2D eigenvalue weighted by atomic mass is 9.86. The van der Waals surface area contributed by atoms with E-state index in [-0.39, 0.29) is 30.5 Å². The van der Waals surface area contributed by atoms with E-state index in [9.17, 15) is 23.8 Å². The van der Waals surface area contributed by atoms with Gasteiger partial charge in [0.15, 0.2) is 11.5 Å². The SMILES string of the molecule is [2H]c1c([2H])c(C2(C(=O)Cc3cc4cc(C(C)(C)C([2H])([2H])C)n(C[C@@H](O)CO)c4cc3F)CC2)c([2H])c2c1OC(F)(F)O2. The number of Topliss-reactive ketones (excluding diaryl/α,β-unsaturated/α-hetero) is 1. The molecule has 2 aliphatic rings. The molecule has 6 nitrogen and oxygen atoms in total. The number of alkyl halides is 2. The van der Waals surface area contributed by atoms with Gasteiger partial charge in [0.2, 0.25) is 0 Å². The van der Waals surface area contributed by atoms with Crippen LogP contribution in [-0.4, -0.2) is 39.6 Å². The predicted molar refractivity (Wildman–Crippen MR) is 131 cm³/mol. The van der Waals surface area contributed by atoms with Crippen molar-refractivity contribution in [2.45, 2.75) is 76.2 Å². The first-order valence-corrected chi connectivity index (χ1v) is 11.9. The Morgan fingerprint density at radius 2 is 1.95 bits per heavy atom. The van der Waals surface area contributed by atoms with Crippen molar-refractivity contribution < 1.29 is 44.5 Å². The Labute approximate surface area is 219 Å². The summed E-state index contributed by atoms with van der Waals surface area (Å²) in [4.78, 5) is 13.6. The molecule has 2 aromatic carbocycles. The molecule has 3 aromatic rings. The fourth-order valence-corrected chi connectivity index (χ4v) is 4.73. The van der Waals surface area contributed by atoms with Gasteiger partial charge in [0.1, 0.15) is 11.6 Å². The number of hydrogen-bond donors (Lipinski definition) is 2. The van der Waals surface area contributed by atoms with Gasteiger partial charge in [0.25, 0.3) is 0 Å². The van der Waals surface area contributed by atoms with E-state index in [1.54, 1.807) is 24.5 Å². The molecule has 1 aromatic heterocycles. The molecule has 5 rings (SSSR count). The Balaban J connectivity index is 1.55. The highest BCUT2D eigenvalue weighted by molar-refractivity contribution is 5.95. The number of benzene rings is 2. The lowest BCUT2D eigenvalue weighted by Crippen LogP contribution is -2.26. The van der Waals surface area contributed by atoms with Crippen molar-refractivity contribution in [1.82, 2.24) is 4.57 Å². The predicted octanol–water partition coefficient (Wildman–Crippen LogP) is 4.99. The Morgan fingerprint density at radius 1 is 1.24 bits per heavy atom. The molecule has 0 bridgehead atoms. The lowest BCUT2D eigenvalue weighted by molar-refractivity contribution is -0.286. The number of carbonyl (C=O) groups excluding carboxylic acids is 1. The second-order valence-corrected chi connectivity index (χ2v) is 10.1. The summed E-state index contributed by atoms with van der Waals surface area (Å²) in [6.45, 7) is 4.03.